The third kappa shape index (κ3) is 3.29. The zero-order valence-corrected chi connectivity index (χ0v) is 10.3. The number of pyridine rings is 1. The van der Waals surface area contributed by atoms with Gasteiger partial charge in [-0.3, -0.25) is 4.79 Å². The van der Waals surface area contributed by atoms with Gasteiger partial charge in [0.1, 0.15) is 11.8 Å². The highest BCUT2D eigenvalue weighted by Crippen LogP contribution is 2.18. The Labute approximate surface area is 114 Å². The van der Waals surface area contributed by atoms with Crippen LogP contribution < -0.4 is 10.1 Å². The summed E-state index contributed by atoms with van der Waals surface area (Å²) in [5.41, 5.74) is 0.296. The lowest BCUT2D eigenvalue weighted by Gasteiger charge is -2.07. The summed E-state index contributed by atoms with van der Waals surface area (Å²) in [6, 6.07) is 11.1. The Morgan fingerprint density at radius 2 is 2.25 bits per heavy atom. The van der Waals surface area contributed by atoms with Gasteiger partial charge in [0.15, 0.2) is 6.61 Å². The van der Waals surface area contributed by atoms with Crippen LogP contribution in [-0.2, 0) is 0 Å². The molecule has 1 N–H and O–H groups in total. The van der Waals surface area contributed by atoms with Gasteiger partial charge in [0.2, 0.25) is 5.95 Å². The van der Waals surface area contributed by atoms with Crippen molar-refractivity contribution < 1.29 is 13.9 Å². The summed E-state index contributed by atoms with van der Waals surface area (Å²) in [5, 5.41) is 11.0. The number of hydrogen-bond acceptors (Lipinski definition) is 4. The van der Waals surface area contributed by atoms with Crippen molar-refractivity contribution in [3.05, 3.63) is 54.1 Å². The molecule has 0 aliphatic rings. The Hall–Kier alpha value is -2.94. The van der Waals surface area contributed by atoms with E-state index >= 15 is 0 Å². The van der Waals surface area contributed by atoms with E-state index in [2.05, 4.69) is 10.3 Å². The molecular weight excluding hydrogens is 261 g/mol. The van der Waals surface area contributed by atoms with Crippen LogP contribution in [0.15, 0.2) is 42.6 Å². The third-order valence-corrected chi connectivity index (χ3v) is 2.40. The first-order valence-electron chi connectivity index (χ1n) is 5.72. The number of ether oxygens (including phenoxy) is 1. The highest BCUT2D eigenvalue weighted by molar-refractivity contribution is 6.04. The van der Waals surface area contributed by atoms with E-state index in [0.29, 0.717) is 11.4 Å². The van der Waals surface area contributed by atoms with Gasteiger partial charge < -0.3 is 10.1 Å². The standard InChI is InChI=1S/C14H10FN3O2/c15-13-12(5-2-7-17-13)14(19)18-10-3-1-4-11(9-10)20-8-6-16/h1-5,7,9H,8H2,(H,18,19). The number of nitrogens with one attached hydrogen (secondary N) is 1. The topological polar surface area (TPSA) is 75.0 Å². The van der Waals surface area contributed by atoms with Gasteiger partial charge in [-0.2, -0.15) is 9.65 Å². The quantitative estimate of drug-likeness (QED) is 0.866. The highest BCUT2D eigenvalue weighted by atomic mass is 19.1. The molecule has 1 amide bonds. The molecule has 1 aromatic heterocycles. The molecule has 6 heteroatoms. The summed E-state index contributed by atoms with van der Waals surface area (Å²) in [6.07, 6.45) is 1.27. The van der Waals surface area contributed by atoms with Crippen molar-refractivity contribution in [2.45, 2.75) is 0 Å². The lowest BCUT2D eigenvalue weighted by atomic mass is 10.2. The molecule has 0 spiro atoms. The maximum Gasteiger partial charge on any atom is 0.260 e. The van der Waals surface area contributed by atoms with E-state index in [0.717, 1.165) is 0 Å². The molecule has 0 aliphatic carbocycles. The highest BCUT2D eigenvalue weighted by Gasteiger charge is 2.12. The van der Waals surface area contributed by atoms with Crippen LogP contribution in [0.2, 0.25) is 0 Å². The number of benzene rings is 1. The number of nitrogens with zero attached hydrogens (tertiary/aromatic N) is 2. The van der Waals surface area contributed by atoms with E-state index in [9.17, 15) is 9.18 Å². The summed E-state index contributed by atoms with van der Waals surface area (Å²) in [7, 11) is 0. The average molecular weight is 271 g/mol. The van der Waals surface area contributed by atoms with Gasteiger partial charge in [0, 0.05) is 18.0 Å². The van der Waals surface area contributed by atoms with Gasteiger partial charge in [-0.05, 0) is 24.3 Å². The molecule has 2 aromatic rings. The van der Waals surface area contributed by atoms with E-state index in [1.54, 1.807) is 24.3 Å². The van der Waals surface area contributed by atoms with Crippen molar-refractivity contribution in [1.29, 1.82) is 5.26 Å². The second kappa shape index (κ2) is 6.29. The second-order valence-corrected chi connectivity index (χ2v) is 3.77. The molecule has 100 valence electrons. The van der Waals surface area contributed by atoms with Crippen LogP contribution in [0.1, 0.15) is 10.4 Å². The van der Waals surface area contributed by atoms with Crippen LogP contribution in [0.25, 0.3) is 0 Å². The number of rotatable bonds is 4. The molecule has 5 nitrogen and oxygen atoms in total. The molecule has 0 radical (unpaired) electrons. The van der Waals surface area contributed by atoms with E-state index in [1.165, 1.54) is 18.3 Å². The number of nitriles is 1. The fraction of sp³-hybridized carbons (Fsp3) is 0.0714. The average Bonchev–Trinajstić information content (AvgIpc) is 2.46. The fourth-order valence-corrected chi connectivity index (χ4v) is 1.53. The third-order valence-electron chi connectivity index (χ3n) is 2.40. The van der Waals surface area contributed by atoms with E-state index in [4.69, 9.17) is 10.00 Å². The lowest BCUT2D eigenvalue weighted by molar-refractivity contribution is 0.102. The van der Waals surface area contributed by atoms with Crippen LogP contribution in [0.4, 0.5) is 10.1 Å². The van der Waals surface area contributed by atoms with Crippen LogP contribution >= 0.6 is 0 Å². The smallest absolute Gasteiger partial charge is 0.260 e. The monoisotopic (exact) mass is 271 g/mol. The van der Waals surface area contributed by atoms with Gasteiger partial charge in [0.25, 0.3) is 5.91 Å². The van der Waals surface area contributed by atoms with E-state index < -0.39 is 11.9 Å². The van der Waals surface area contributed by atoms with Gasteiger partial charge in [-0.1, -0.05) is 6.07 Å². The summed E-state index contributed by atoms with van der Waals surface area (Å²) < 4.78 is 18.5. The number of hydrogen-bond donors (Lipinski definition) is 1. The van der Waals surface area contributed by atoms with Crippen molar-refractivity contribution in [2.75, 3.05) is 11.9 Å². The first-order chi connectivity index (χ1) is 9.70. The molecule has 2 rings (SSSR count). The maximum atomic E-state index is 13.4. The molecule has 0 atom stereocenters. The molecule has 0 saturated carbocycles. The molecule has 0 saturated heterocycles. The van der Waals surface area contributed by atoms with Crippen molar-refractivity contribution in [3.63, 3.8) is 0 Å². The molecule has 0 unspecified atom stereocenters. The number of aromatic nitrogens is 1. The minimum atomic E-state index is -0.832. The molecule has 20 heavy (non-hydrogen) atoms. The normalized spacial score (nSPS) is 9.60. The van der Waals surface area contributed by atoms with Gasteiger partial charge in [0.05, 0.1) is 5.56 Å². The van der Waals surface area contributed by atoms with Gasteiger partial charge >= 0.3 is 0 Å². The SMILES string of the molecule is N#CCOc1cccc(NC(=O)c2cccnc2F)c1. The van der Waals surface area contributed by atoms with Gasteiger partial charge in [-0.25, -0.2) is 4.98 Å². The largest absolute Gasteiger partial charge is 0.479 e. The van der Waals surface area contributed by atoms with E-state index in [-0.39, 0.29) is 12.2 Å². The Bertz CT molecular complexity index is 667. The summed E-state index contributed by atoms with van der Waals surface area (Å²) in [4.78, 5) is 15.3. The molecule has 0 aliphatic heterocycles. The maximum absolute atomic E-state index is 13.4. The van der Waals surface area contributed by atoms with Crippen LogP contribution in [0.3, 0.4) is 0 Å². The van der Waals surface area contributed by atoms with Gasteiger partial charge in [-0.15, -0.1) is 0 Å². The molecular formula is C14H10FN3O2. The predicted molar refractivity (Wildman–Crippen MR) is 69.7 cm³/mol. The molecule has 0 fully saturated rings. The predicted octanol–water partition coefficient (Wildman–Crippen LogP) is 2.38. The first kappa shape index (κ1) is 13.5. The second-order valence-electron chi connectivity index (χ2n) is 3.77. The Morgan fingerprint density at radius 1 is 1.40 bits per heavy atom. The number of carbonyl (C=O) groups is 1. The Morgan fingerprint density at radius 3 is 3.00 bits per heavy atom. The Balaban J connectivity index is 2.12. The fourth-order valence-electron chi connectivity index (χ4n) is 1.53. The number of halogens is 1. The van der Waals surface area contributed by atoms with Crippen molar-refractivity contribution in [1.82, 2.24) is 4.98 Å². The van der Waals surface area contributed by atoms with Crippen molar-refractivity contribution in [3.8, 4) is 11.8 Å². The first-order valence-corrected chi connectivity index (χ1v) is 5.72. The van der Waals surface area contributed by atoms with Crippen molar-refractivity contribution in [2.24, 2.45) is 0 Å². The summed E-state index contributed by atoms with van der Waals surface area (Å²) in [6.45, 7) is -0.0887. The lowest BCUT2D eigenvalue weighted by Crippen LogP contribution is -2.14. The summed E-state index contributed by atoms with van der Waals surface area (Å²) >= 11 is 0. The van der Waals surface area contributed by atoms with Crippen molar-refractivity contribution >= 4 is 11.6 Å². The van der Waals surface area contributed by atoms with Crippen LogP contribution in [0.5, 0.6) is 5.75 Å². The number of amides is 1. The number of anilines is 1. The number of carbonyl (C=O) groups excluding carboxylic acids is 1. The van der Waals surface area contributed by atoms with Crippen LogP contribution in [-0.4, -0.2) is 17.5 Å². The minimum absolute atomic E-state index is 0.0887. The van der Waals surface area contributed by atoms with E-state index in [1.807, 2.05) is 6.07 Å². The zero-order valence-electron chi connectivity index (χ0n) is 10.3. The molecule has 1 aromatic carbocycles. The minimum Gasteiger partial charge on any atom is -0.479 e. The zero-order chi connectivity index (χ0) is 14.4. The Kier molecular flexibility index (Phi) is 4.24. The molecule has 1 heterocycles. The van der Waals surface area contributed by atoms with Crippen LogP contribution in [0, 0.1) is 17.3 Å². The summed E-state index contributed by atoms with van der Waals surface area (Å²) in [5.74, 6) is -0.995. The molecule has 0 bridgehead atoms.